The van der Waals surface area contributed by atoms with E-state index in [1.807, 2.05) is 0 Å². The molecule has 0 aliphatic carbocycles. The maximum Gasteiger partial charge on any atom is 0.220 e. The van der Waals surface area contributed by atoms with Gasteiger partial charge in [0.15, 0.2) is 16.4 Å². The van der Waals surface area contributed by atoms with Crippen molar-refractivity contribution in [1.29, 1.82) is 5.26 Å². The first-order valence-electron chi connectivity index (χ1n) is 7.10. The summed E-state index contributed by atoms with van der Waals surface area (Å²) < 4.78 is 48.9. The van der Waals surface area contributed by atoms with E-state index in [-0.39, 0.29) is 10.6 Å². The normalized spacial score (nSPS) is 15.0. The van der Waals surface area contributed by atoms with Gasteiger partial charge in [-0.05, 0) is 30.3 Å². The summed E-state index contributed by atoms with van der Waals surface area (Å²) in [5.74, 6) is 0.234. The van der Waals surface area contributed by atoms with Crippen LogP contribution in [0.1, 0.15) is 0 Å². The highest BCUT2D eigenvalue weighted by Gasteiger charge is 2.32. The molecule has 2 aromatic rings. The number of nitriles is 1. The second-order valence-corrected chi connectivity index (χ2v) is 7.02. The lowest BCUT2D eigenvalue weighted by Gasteiger charge is -2.28. The quantitative estimate of drug-likeness (QED) is 0.837. The number of benzene rings is 2. The van der Waals surface area contributed by atoms with E-state index in [4.69, 9.17) is 9.47 Å². The van der Waals surface area contributed by atoms with Gasteiger partial charge in [0.2, 0.25) is 9.84 Å². The molecule has 2 aromatic carbocycles. The van der Waals surface area contributed by atoms with Crippen molar-refractivity contribution in [2.45, 2.75) is 4.90 Å². The molecule has 3 rings (SSSR count). The van der Waals surface area contributed by atoms with Crippen molar-refractivity contribution in [3.05, 3.63) is 53.3 Å². The van der Waals surface area contributed by atoms with Crippen LogP contribution in [0.3, 0.4) is 0 Å². The van der Waals surface area contributed by atoms with Gasteiger partial charge in [0, 0.05) is 18.0 Å². The zero-order valence-electron chi connectivity index (χ0n) is 13.4. The van der Waals surface area contributed by atoms with Crippen molar-refractivity contribution >= 4 is 21.2 Å². The van der Waals surface area contributed by atoms with Gasteiger partial charge in [-0.25, -0.2) is 12.8 Å². The molecule has 0 amide bonds. The summed E-state index contributed by atoms with van der Waals surface area (Å²) >= 11 is 0. The average molecular weight is 360 g/mol. The van der Waals surface area contributed by atoms with E-state index >= 15 is 0 Å². The summed E-state index contributed by atoms with van der Waals surface area (Å²) in [7, 11) is -1.09. The van der Waals surface area contributed by atoms with Crippen molar-refractivity contribution in [2.75, 3.05) is 19.1 Å². The van der Waals surface area contributed by atoms with E-state index in [0.717, 1.165) is 12.1 Å². The third-order valence-electron chi connectivity index (χ3n) is 3.76. The Morgan fingerprint density at radius 1 is 1.08 bits per heavy atom. The van der Waals surface area contributed by atoms with Crippen LogP contribution in [0.4, 0.5) is 15.8 Å². The number of halogens is 1. The van der Waals surface area contributed by atoms with Crippen molar-refractivity contribution < 1.29 is 22.3 Å². The molecule has 0 aromatic heterocycles. The molecule has 0 bridgehead atoms. The van der Waals surface area contributed by atoms with Crippen LogP contribution in [-0.4, -0.2) is 22.6 Å². The molecule has 1 heterocycles. The smallest absolute Gasteiger partial charge is 0.220 e. The summed E-state index contributed by atoms with van der Waals surface area (Å²) in [5.41, 5.74) is 0.778. The maximum atomic E-state index is 13.6. The van der Waals surface area contributed by atoms with E-state index in [2.05, 4.69) is 0 Å². The Labute approximate surface area is 144 Å². The first kappa shape index (κ1) is 16.8. The highest BCUT2D eigenvalue weighted by Crippen LogP contribution is 2.41. The minimum atomic E-state index is -4.06. The second kappa shape index (κ2) is 6.11. The van der Waals surface area contributed by atoms with E-state index in [1.54, 1.807) is 24.3 Å². The SMILES string of the molecule is COc1ccc(N2C=C(C#N)S(=O)(=O)c3cc(F)ccc32)cc1OC. The Balaban J connectivity index is 2.25. The number of ether oxygens (including phenoxy) is 2. The average Bonchev–Trinajstić information content (AvgIpc) is 2.61. The van der Waals surface area contributed by atoms with Crippen molar-refractivity contribution in [1.82, 2.24) is 0 Å². The van der Waals surface area contributed by atoms with E-state index < -0.39 is 20.6 Å². The number of nitrogens with zero attached hydrogens (tertiary/aromatic N) is 2. The van der Waals surface area contributed by atoms with Crippen LogP contribution in [-0.2, 0) is 9.84 Å². The number of anilines is 2. The predicted octanol–water partition coefficient (Wildman–Crippen LogP) is 3.13. The van der Waals surface area contributed by atoms with Crippen LogP contribution in [0.25, 0.3) is 0 Å². The summed E-state index contributed by atoms with van der Waals surface area (Å²) in [5, 5.41) is 9.21. The van der Waals surface area contributed by atoms with Crippen molar-refractivity contribution in [2.24, 2.45) is 0 Å². The fourth-order valence-corrected chi connectivity index (χ4v) is 3.86. The van der Waals surface area contributed by atoms with E-state index in [1.165, 1.54) is 31.4 Å². The van der Waals surface area contributed by atoms with Gasteiger partial charge >= 0.3 is 0 Å². The molecule has 25 heavy (non-hydrogen) atoms. The third-order valence-corrected chi connectivity index (χ3v) is 5.44. The number of fused-ring (bicyclic) bond motifs is 1. The first-order chi connectivity index (χ1) is 11.9. The fourth-order valence-electron chi connectivity index (χ4n) is 2.55. The molecule has 0 saturated heterocycles. The number of sulfone groups is 1. The van der Waals surface area contributed by atoms with Crippen LogP contribution >= 0.6 is 0 Å². The maximum absolute atomic E-state index is 13.6. The first-order valence-corrected chi connectivity index (χ1v) is 8.58. The van der Waals surface area contributed by atoms with Crippen molar-refractivity contribution in [3.63, 3.8) is 0 Å². The molecule has 0 saturated carbocycles. The van der Waals surface area contributed by atoms with Gasteiger partial charge in [0.05, 0.1) is 24.8 Å². The topological polar surface area (TPSA) is 79.6 Å². The number of allylic oxidation sites excluding steroid dienone is 1. The van der Waals surface area contributed by atoms with Gasteiger partial charge < -0.3 is 14.4 Å². The molecule has 1 aliphatic rings. The molecule has 0 N–H and O–H groups in total. The van der Waals surface area contributed by atoms with Crippen LogP contribution in [0, 0.1) is 17.1 Å². The van der Waals surface area contributed by atoms with Crippen LogP contribution in [0.2, 0.25) is 0 Å². The van der Waals surface area contributed by atoms with Crippen LogP contribution < -0.4 is 14.4 Å². The number of hydrogen-bond donors (Lipinski definition) is 0. The lowest BCUT2D eigenvalue weighted by Crippen LogP contribution is -2.21. The molecule has 0 unspecified atom stereocenters. The minimum absolute atomic E-state index is 0.243. The van der Waals surface area contributed by atoms with Gasteiger partial charge in [0.1, 0.15) is 11.9 Å². The highest BCUT2D eigenvalue weighted by atomic mass is 32.2. The molecular weight excluding hydrogens is 347 g/mol. The Kier molecular flexibility index (Phi) is 4.10. The van der Waals surface area contributed by atoms with Gasteiger partial charge in [-0.2, -0.15) is 5.26 Å². The molecule has 0 atom stereocenters. The highest BCUT2D eigenvalue weighted by molar-refractivity contribution is 7.95. The lowest BCUT2D eigenvalue weighted by atomic mass is 10.2. The largest absolute Gasteiger partial charge is 0.493 e. The second-order valence-electron chi connectivity index (χ2n) is 5.13. The Bertz CT molecular complexity index is 1030. The molecule has 1 aliphatic heterocycles. The molecule has 0 radical (unpaired) electrons. The summed E-state index contributed by atoms with van der Waals surface area (Å²) in [6.45, 7) is 0. The zero-order valence-corrected chi connectivity index (χ0v) is 14.2. The Hall–Kier alpha value is -3.05. The molecule has 128 valence electrons. The fraction of sp³-hybridized carbons (Fsp3) is 0.118. The lowest BCUT2D eigenvalue weighted by molar-refractivity contribution is 0.355. The molecule has 6 nitrogen and oxygen atoms in total. The molecule has 8 heteroatoms. The zero-order chi connectivity index (χ0) is 18.2. The van der Waals surface area contributed by atoms with Gasteiger partial charge in [-0.1, -0.05) is 0 Å². The summed E-state index contributed by atoms with van der Waals surface area (Å²) in [6.07, 6.45) is 1.21. The van der Waals surface area contributed by atoms with Gasteiger partial charge in [-0.15, -0.1) is 0 Å². The van der Waals surface area contributed by atoms with Crippen molar-refractivity contribution in [3.8, 4) is 17.6 Å². The monoisotopic (exact) mass is 360 g/mol. The van der Waals surface area contributed by atoms with Crippen LogP contribution in [0.15, 0.2) is 52.4 Å². The van der Waals surface area contributed by atoms with E-state index in [9.17, 15) is 18.1 Å². The van der Waals surface area contributed by atoms with Gasteiger partial charge in [-0.3, -0.25) is 0 Å². The van der Waals surface area contributed by atoms with Crippen LogP contribution in [0.5, 0.6) is 11.5 Å². The van der Waals surface area contributed by atoms with E-state index in [0.29, 0.717) is 17.2 Å². The Morgan fingerprint density at radius 3 is 2.44 bits per heavy atom. The Morgan fingerprint density at radius 2 is 1.80 bits per heavy atom. The predicted molar refractivity (Wildman–Crippen MR) is 89.0 cm³/mol. The molecular formula is C17H13FN2O4S. The number of methoxy groups -OCH3 is 2. The summed E-state index contributed by atoms with van der Waals surface area (Å²) in [6, 6.07) is 10.0. The number of hydrogen-bond acceptors (Lipinski definition) is 6. The summed E-state index contributed by atoms with van der Waals surface area (Å²) in [4.78, 5) is 0.762. The molecule has 0 fully saturated rings. The standard InChI is InChI=1S/C17H13FN2O4S/c1-23-15-6-4-12(8-16(15)24-2)20-10-13(9-19)25(21,22)17-7-11(18)3-5-14(17)20/h3-8,10H,1-2H3. The molecule has 0 spiro atoms. The number of rotatable bonds is 3. The van der Waals surface area contributed by atoms with Gasteiger partial charge in [0.25, 0.3) is 0 Å². The third kappa shape index (κ3) is 2.68. The minimum Gasteiger partial charge on any atom is -0.493 e.